The predicted octanol–water partition coefficient (Wildman–Crippen LogP) is 0.674. The van der Waals surface area contributed by atoms with Gasteiger partial charge in [-0.05, 0) is 18.8 Å². The topological polar surface area (TPSA) is 49.8 Å². The van der Waals surface area contributed by atoms with Gasteiger partial charge in [0.1, 0.15) is 6.04 Å². The Morgan fingerprint density at radius 3 is 2.79 bits per heavy atom. The molecule has 0 aliphatic carbocycles. The van der Waals surface area contributed by atoms with Crippen LogP contribution in [0.2, 0.25) is 0 Å². The number of ether oxygens (including phenoxy) is 1. The average Bonchev–Trinajstić information content (AvgIpc) is 2.47. The van der Waals surface area contributed by atoms with Crippen LogP contribution in [0.15, 0.2) is 0 Å². The molecule has 1 saturated heterocycles. The van der Waals surface area contributed by atoms with E-state index in [1.807, 2.05) is 4.90 Å². The number of methoxy groups -OCH3 is 1. The van der Waals surface area contributed by atoms with Crippen molar-refractivity contribution in [3.05, 3.63) is 0 Å². The number of carbonyl (C=O) groups is 1. The van der Waals surface area contributed by atoms with Gasteiger partial charge < -0.3 is 9.84 Å². The van der Waals surface area contributed by atoms with E-state index in [1.54, 1.807) is 14.0 Å². The summed E-state index contributed by atoms with van der Waals surface area (Å²) in [4.78, 5) is 12.8. The van der Waals surface area contributed by atoms with Crippen molar-refractivity contribution >= 4 is 5.97 Å². The van der Waals surface area contributed by atoms with E-state index in [1.165, 1.54) is 0 Å². The summed E-state index contributed by atoms with van der Waals surface area (Å²) in [5.41, 5.74) is 0. The molecule has 1 N–H and O–H groups in total. The summed E-state index contributed by atoms with van der Waals surface area (Å²) in [6.45, 7) is 6.32. The average molecular weight is 201 g/mol. The molecule has 4 heteroatoms. The van der Waals surface area contributed by atoms with Crippen LogP contribution in [0.5, 0.6) is 0 Å². The van der Waals surface area contributed by atoms with Crippen molar-refractivity contribution in [1.82, 2.24) is 4.90 Å². The fraction of sp³-hybridized carbons (Fsp3) is 0.900. The Morgan fingerprint density at radius 1 is 1.64 bits per heavy atom. The van der Waals surface area contributed by atoms with E-state index in [4.69, 9.17) is 9.84 Å². The summed E-state index contributed by atoms with van der Waals surface area (Å²) in [6, 6.07) is -0.376. The van der Waals surface area contributed by atoms with Gasteiger partial charge >= 0.3 is 5.97 Å². The Hall–Kier alpha value is -0.610. The number of rotatable bonds is 4. The van der Waals surface area contributed by atoms with E-state index in [0.717, 1.165) is 19.7 Å². The van der Waals surface area contributed by atoms with Crippen LogP contribution >= 0.6 is 0 Å². The molecule has 0 saturated carbocycles. The van der Waals surface area contributed by atoms with Crippen molar-refractivity contribution in [2.24, 2.45) is 11.8 Å². The van der Waals surface area contributed by atoms with Crippen molar-refractivity contribution in [3.8, 4) is 0 Å². The zero-order chi connectivity index (χ0) is 10.7. The normalized spacial score (nSPS) is 30.5. The van der Waals surface area contributed by atoms with Gasteiger partial charge in [0, 0.05) is 20.2 Å². The van der Waals surface area contributed by atoms with Gasteiger partial charge in [-0.3, -0.25) is 9.69 Å². The first-order chi connectivity index (χ1) is 6.56. The summed E-state index contributed by atoms with van der Waals surface area (Å²) in [7, 11) is 1.69. The number of likely N-dealkylation sites (tertiary alicyclic amines) is 1. The van der Waals surface area contributed by atoms with E-state index in [9.17, 15) is 4.79 Å². The Kier molecular flexibility index (Phi) is 3.89. The maximum absolute atomic E-state index is 10.8. The molecular formula is C10H19NO3. The van der Waals surface area contributed by atoms with E-state index in [2.05, 4.69) is 6.92 Å². The van der Waals surface area contributed by atoms with Crippen LogP contribution in [0.1, 0.15) is 13.8 Å². The lowest BCUT2D eigenvalue weighted by molar-refractivity contribution is -0.142. The number of aliphatic carboxylic acids is 1. The van der Waals surface area contributed by atoms with Crippen LogP contribution in [0.3, 0.4) is 0 Å². The van der Waals surface area contributed by atoms with Crippen molar-refractivity contribution in [2.75, 3.05) is 26.8 Å². The third kappa shape index (κ3) is 2.45. The van der Waals surface area contributed by atoms with Gasteiger partial charge in [-0.1, -0.05) is 6.92 Å². The van der Waals surface area contributed by atoms with Crippen molar-refractivity contribution < 1.29 is 14.6 Å². The summed E-state index contributed by atoms with van der Waals surface area (Å²) in [6.07, 6.45) is 0. The molecule has 1 aliphatic rings. The van der Waals surface area contributed by atoms with Gasteiger partial charge in [0.15, 0.2) is 0 Å². The molecule has 1 heterocycles. The minimum Gasteiger partial charge on any atom is -0.480 e. The van der Waals surface area contributed by atoms with Crippen molar-refractivity contribution in [3.63, 3.8) is 0 Å². The second-order valence-electron chi connectivity index (χ2n) is 4.16. The van der Waals surface area contributed by atoms with Crippen LogP contribution in [0, 0.1) is 11.8 Å². The molecule has 3 atom stereocenters. The third-order valence-electron chi connectivity index (χ3n) is 3.08. The van der Waals surface area contributed by atoms with Crippen molar-refractivity contribution in [2.45, 2.75) is 19.9 Å². The molecule has 0 aromatic rings. The van der Waals surface area contributed by atoms with Crippen LogP contribution < -0.4 is 0 Å². The molecular weight excluding hydrogens is 182 g/mol. The van der Waals surface area contributed by atoms with E-state index in [-0.39, 0.29) is 6.04 Å². The van der Waals surface area contributed by atoms with Gasteiger partial charge in [-0.2, -0.15) is 0 Å². The van der Waals surface area contributed by atoms with Crippen LogP contribution in [0.25, 0.3) is 0 Å². The molecule has 0 aromatic heterocycles. The van der Waals surface area contributed by atoms with Gasteiger partial charge in [0.2, 0.25) is 0 Å². The first-order valence-electron chi connectivity index (χ1n) is 5.02. The summed E-state index contributed by atoms with van der Waals surface area (Å²) in [5.74, 6) is 0.258. The third-order valence-corrected chi connectivity index (χ3v) is 3.08. The highest BCUT2D eigenvalue weighted by Crippen LogP contribution is 2.24. The monoisotopic (exact) mass is 201 g/mol. The van der Waals surface area contributed by atoms with Gasteiger partial charge in [0.05, 0.1) is 6.61 Å². The molecule has 0 radical (unpaired) electrons. The molecule has 82 valence electrons. The summed E-state index contributed by atoms with van der Waals surface area (Å²) >= 11 is 0. The second kappa shape index (κ2) is 4.75. The molecule has 0 spiro atoms. The number of hydrogen-bond acceptors (Lipinski definition) is 3. The molecule has 1 aliphatic heterocycles. The van der Waals surface area contributed by atoms with E-state index in [0.29, 0.717) is 11.8 Å². The van der Waals surface area contributed by atoms with Crippen molar-refractivity contribution in [1.29, 1.82) is 0 Å². The smallest absolute Gasteiger partial charge is 0.320 e. The van der Waals surface area contributed by atoms with Crippen LogP contribution in [0.4, 0.5) is 0 Å². The number of carboxylic acid groups (broad SMARTS) is 1. The largest absolute Gasteiger partial charge is 0.480 e. The zero-order valence-corrected chi connectivity index (χ0v) is 9.06. The summed E-state index contributed by atoms with van der Waals surface area (Å²) < 4.78 is 5.11. The molecule has 0 unspecified atom stereocenters. The Morgan fingerprint density at radius 2 is 2.29 bits per heavy atom. The lowest BCUT2D eigenvalue weighted by Crippen LogP contribution is -2.37. The SMILES string of the molecule is COC[C@@H]1CN([C@H](C)C(=O)O)C[C@H]1C. The Bertz CT molecular complexity index is 208. The Labute approximate surface area is 84.8 Å². The highest BCUT2D eigenvalue weighted by Gasteiger charge is 2.34. The van der Waals surface area contributed by atoms with Gasteiger partial charge in [-0.15, -0.1) is 0 Å². The van der Waals surface area contributed by atoms with Gasteiger partial charge in [0.25, 0.3) is 0 Å². The molecule has 0 aromatic carbocycles. The second-order valence-corrected chi connectivity index (χ2v) is 4.16. The molecule has 14 heavy (non-hydrogen) atoms. The quantitative estimate of drug-likeness (QED) is 0.726. The first kappa shape index (κ1) is 11.5. The maximum Gasteiger partial charge on any atom is 0.320 e. The first-order valence-corrected chi connectivity index (χ1v) is 5.02. The van der Waals surface area contributed by atoms with E-state index < -0.39 is 5.97 Å². The molecule has 4 nitrogen and oxygen atoms in total. The predicted molar refractivity (Wildman–Crippen MR) is 53.2 cm³/mol. The number of nitrogens with zero attached hydrogens (tertiary/aromatic N) is 1. The highest BCUT2D eigenvalue weighted by molar-refractivity contribution is 5.72. The summed E-state index contributed by atoms with van der Waals surface area (Å²) in [5, 5.41) is 8.87. The lowest BCUT2D eigenvalue weighted by atomic mass is 10.00. The molecule has 0 bridgehead atoms. The lowest BCUT2D eigenvalue weighted by Gasteiger charge is -2.20. The van der Waals surface area contributed by atoms with Crippen LogP contribution in [-0.4, -0.2) is 48.8 Å². The fourth-order valence-electron chi connectivity index (χ4n) is 1.98. The zero-order valence-electron chi connectivity index (χ0n) is 9.06. The van der Waals surface area contributed by atoms with Gasteiger partial charge in [-0.25, -0.2) is 0 Å². The van der Waals surface area contributed by atoms with Crippen LogP contribution in [-0.2, 0) is 9.53 Å². The minimum atomic E-state index is -0.740. The number of carboxylic acids is 1. The Balaban J connectivity index is 2.49. The maximum atomic E-state index is 10.8. The molecule has 1 fully saturated rings. The molecule has 1 rings (SSSR count). The number of hydrogen-bond donors (Lipinski definition) is 1. The fourth-order valence-corrected chi connectivity index (χ4v) is 1.98. The molecule has 0 amide bonds. The standard InChI is InChI=1S/C10H19NO3/c1-7-4-11(8(2)10(12)13)5-9(7)6-14-3/h7-9H,4-6H2,1-3H3,(H,12,13)/t7-,8-,9+/m1/s1. The highest BCUT2D eigenvalue weighted by atomic mass is 16.5. The van der Waals surface area contributed by atoms with E-state index >= 15 is 0 Å². The minimum absolute atomic E-state index is 0.376.